The van der Waals surface area contributed by atoms with E-state index in [-0.39, 0.29) is 5.91 Å². The third kappa shape index (κ3) is 2.37. The summed E-state index contributed by atoms with van der Waals surface area (Å²) in [6.45, 7) is 3.49. The van der Waals surface area contributed by atoms with E-state index < -0.39 is 0 Å². The van der Waals surface area contributed by atoms with Crippen LogP contribution in [0.5, 0.6) is 0 Å². The number of likely N-dealkylation sites (tertiary alicyclic amines) is 1. The molecule has 1 aliphatic carbocycles. The SMILES string of the molecule is O=C(c1n[nH]c2c1CNCC2)N1CCCC2(CC=CCC2)C1. The molecule has 118 valence electrons. The Labute approximate surface area is 131 Å². The maximum absolute atomic E-state index is 13.0. The molecule has 3 heterocycles. The maximum atomic E-state index is 13.0. The van der Waals surface area contributed by atoms with Gasteiger partial charge in [-0.1, -0.05) is 12.2 Å². The van der Waals surface area contributed by atoms with Crippen molar-refractivity contribution in [3.05, 3.63) is 29.1 Å². The van der Waals surface area contributed by atoms with Gasteiger partial charge in [-0.25, -0.2) is 0 Å². The molecule has 3 aliphatic rings. The number of hydrogen-bond acceptors (Lipinski definition) is 3. The highest BCUT2D eigenvalue weighted by Crippen LogP contribution is 2.41. The van der Waals surface area contributed by atoms with Crippen LogP contribution < -0.4 is 5.32 Å². The summed E-state index contributed by atoms with van der Waals surface area (Å²) in [4.78, 5) is 15.0. The van der Waals surface area contributed by atoms with E-state index in [9.17, 15) is 4.79 Å². The van der Waals surface area contributed by atoms with E-state index in [0.717, 1.165) is 63.1 Å². The summed E-state index contributed by atoms with van der Waals surface area (Å²) in [5.74, 6) is 0.120. The second-order valence-electron chi connectivity index (χ2n) is 7.00. The number of aromatic nitrogens is 2. The number of nitrogens with zero attached hydrogens (tertiary/aromatic N) is 2. The zero-order valence-corrected chi connectivity index (χ0v) is 13.0. The van der Waals surface area contributed by atoms with Crippen molar-refractivity contribution in [3.8, 4) is 0 Å². The molecule has 1 fully saturated rings. The molecule has 0 bridgehead atoms. The van der Waals surface area contributed by atoms with Gasteiger partial charge in [0.1, 0.15) is 0 Å². The van der Waals surface area contributed by atoms with E-state index >= 15 is 0 Å². The van der Waals surface area contributed by atoms with Crippen LogP contribution in [0.25, 0.3) is 0 Å². The van der Waals surface area contributed by atoms with Gasteiger partial charge in [-0.2, -0.15) is 5.10 Å². The zero-order valence-electron chi connectivity index (χ0n) is 13.0. The van der Waals surface area contributed by atoms with Crippen LogP contribution in [0, 0.1) is 5.41 Å². The Morgan fingerprint density at radius 3 is 3.14 bits per heavy atom. The van der Waals surface area contributed by atoms with Crippen LogP contribution in [-0.4, -0.2) is 40.6 Å². The Bertz CT molecular complexity index is 606. The van der Waals surface area contributed by atoms with Gasteiger partial charge in [-0.3, -0.25) is 9.89 Å². The van der Waals surface area contributed by atoms with E-state index in [1.165, 1.54) is 12.8 Å². The molecule has 4 rings (SSSR count). The highest BCUT2D eigenvalue weighted by Gasteiger charge is 2.38. The second-order valence-corrected chi connectivity index (χ2v) is 7.00. The van der Waals surface area contributed by atoms with Crippen LogP contribution in [0.3, 0.4) is 0 Å². The van der Waals surface area contributed by atoms with Crippen LogP contribution in [0.15, 0.2) is 12.2 Å². The Morgan fingerprint density at radius 1 is 1.32 bits per heavy atom. The van der Waals surface area contributed by atoms with Gasteiger partial charge in [0.25, 0.3) is 5.91 Å². The summed E-state index contributed by atoms with van der Waals surface area (Å²) >= 11 is 0. The van der Waals surface area contributed by atoms with Crippen molar-refractivity contribution in [1.82, 2.24) is 20.4 Å². The van der Waals surface area contributed by atoms with Crippen LogP contribution >= 0.6 is 0 Å². The molecule has 2 aliphatic heterocycles. The Morgan fingerprint density at radius 2 is 2.27 bits per heavy atom. The molecule has 1 unspecified atom stereocenters. The fourth-order valence-corrected chi connectivity index (χ4v) is 4.25. The minimum atomic E-state index is 0.120. The summed E-state index contributed by atoms with van der Waals surface area (Å²) in [6.07, 6.45) is 11.4. The fourth-order valence-electron chi connectivity index (χ4n) is 4.25. The van der Waals surface area contributed by atoms with Crippen molar-refractivity contribution >= 4 is 5.91 Å². The summed E-state index contributed by atoms with van der Waals surface area (Å²) in [5.41, 5.74) is 3.18. The lowest BCUT2D eigenvalue weighted by atomic mass is 9.71. The topological polar surface area (TPSA) is 61.0 Å². The number of H-pyrrole nitrogens is 1. The van der Waals surface area contributed by atoms with Gasteiger partial charge >= 0.3 is 0 Å². The summed E-state index contributed by atoms with van der Waals surface area (Å²) < 4.78 is 0. The van der Waals surface area contributed by atoms with Crippen LogP contribution in [0.2, 0.25) is 0 Å². The van der Waals surface area contributed by atoms with E-state index in [0.29, 0.717) is 11.1 Å². The minimum Gasteiger partial charge on any atom is -0.337 e. The normalized spacial score (nSPS) is 27.9. The molecule has 1 aromatic rings. The van der Waals surface area contributed by atoms with Crippen LogP contribution in [-0.2, 0) is 13.0 Å². The molecule has 1 amide bonds. The second kappa shape index (κ2) is 5.54. The van der Waals surface area contributed by atoms with Gasteiger partial charge in [-0.05, 0) is 37.5 Å². The van der Waals surface area contributed by atoms with Gasteiger partial charge in [0.2, 0.25) is 0 Å². The lowest BCUT2D eigenvalue weighted by Gasteiger charge is -2.43. The molecule has 0 saturated carbocycles. The number of fused-ring (bicyclic) bond motifs is 1. The lowest BCUT2D eigenvalue weighted by molar-refractivity contribution is 0.0478. The third-order valence-electron chi connectivity index (χ3n) is 5.52. The predicted molar refractivity (Wildman–Crippen MR) is 84.6 cm³/mol. The number of carbonyl (C=O) groups excluding carboxylic acids is 1. The van der Waals surface area contributed by atoms with E-state index in [4.69, 9.17) is 0 Å². The monoisotopic (exact) mass is 300 g/mol. The first-order valence-corrected chi connectivity index (χ1v) is 8.49. The Hall–Kier alpha value is -1.62. The van der Waals surface area contributed by atoms with Gasteiger partial charge in [0.05, 0.1) is 0 Å². The third-order valence-corrected chi connectivity index (χ3v) is 5.52. The summed E-state index contributed by atoms with van der Waals surface area (Å²) in [5, 5.41) is 10.7. The van der Waals surface area contributed by atoms with Crippen molar-refractivity contribution in [3.63, 3.8) is 0 Å². The number of nitrogens with one attached hydrogen (secondary N) is 2. The Balaban J connectivity index is 1.55. The average Bonchev–Trinajstić information content (AvgIpc) is 2.99. The van der Waals surface area contributed by atoms with Gasteiger partial charge in [0, 0.05) is 43.9 Å². The van der Waals surface area contributed by atoms with Crippen LogP contribution in [0.4, 0.5) is 0 Å². The molecule has 22 heavy (non-hydrogen) atoms. The number of rotatable bonds is 1. The fraction of sp³-hybridized carbons (Fsp3) is 0.647. The average molecular weight is 300 g/mol. The van der Waals surface area contributed by atoms with E-state index in [1.807, 2.05) is 4.90 Å². The van der Waals surface area contributed by atoms with Crippen molar-refractivity contribution in [1.29, 1.82) is 0 Å². The first-order chi connectivity index (χ1) is 10.8. The molecule has 0 aromatic carbocycles. The van der Waals surface area contributed by atoms with Gasteiger partial charge in [-0.15, -0.1) is 0 Å². The number of carbonyl (C=O) groups is 1. The first kappa shape index (κ1) is 14.0. The number of aromatic amines is 1. The molecule has 1 aromatic heterocycles. The lowest BCUT2D eigenvalue weighted by Crippen LogP contribution is -2.46. The number of allylic oxidation sites excluding steroid dienone is 2. The van der Waals surface area contributed by atoms with Crippen molar-refractivity contribution in [2.24, 2.45) is 5.41 Å². The molecule has 5 nitrogen and oxygen atoms in total. The maximum Gasteiger partial charge on any atom is 0.274 e. The molecule has 1 atom stereocenters. The zero-order chi connectivity index (χ0) is 15.0. The predicted octanol–water partition coefficient (Wildman–Crippen LogP) is 2.02. The first-order valence-electron chi connectivity index (χ1n) is 8.49. The molecule has 0 radical (unpaired) electrons. The van der Waals surface area contributed by atoms with Crippen LogP contribution in [0.1, 0.15) is 53.8 Å². The molecular formula is C17H24N4O. The van der Waals surface area contributed by atoms with E-state index in [2.05, 4.69) is 27.7 Å². The minimum absolute atomic E-state index is 0.120. The molecular weight excluding hydrogens is 276 g/mol. The molecule has 5 heteroatoms. The smallest absolute Gasteiger partial charge is 0.274 e. The van der Waals surface area contributed by atoms with Gasteiger partial charge in [0.15, 0.2) is 5.69 Å². The number of hydrogen-bond donors (Lipinski definition) is 2. The van der Waals surface area contributed by atoms with Crippen molar-refractivity contribution < 1.29 is 4.79 Å². The number of piperidine rings is 1. The largest absolute Gasteiger partial charge is 0.337 e. The van der Waals surface area contributed by atoms with Crippen molar-refractivity contribution in [2.45, 2.75) is 45.1 Å². The van der Waals surface area contributed by atoms with E-state index in [1.54, 1.807) is 0 Å². The van der Waals surface area contributed by atoms with Crippen molar-refractivity contribution in [2.75, 3.05) is 19.6 Å². The summed E-state index contributed by atoms with van der Waals surface area (Å²) in [6, 6.07) is 0. The van der Waals surface area contributed by atoms with Gasteiger partial charge < -0.3 is 10.2 Å². The number of amides is 1. The standard InChI is InChI=1S/C17H24N4O/c22-16(15-13-11-18-9-5-14(13)19-20-15)21-10-4-8-17(12-21)6-2-1-3-7-17/h1-2,18H,3-12H2,(H,19,20). The Kier molecular flexibility index (Phi) is 3.53. The molecule has 1 saturated heterocycles. The molecule has 1 spiro atoms. The highest BCUT2D eigenvalue weighted by molar-refractivity contribution is 5.94. The quantitative estimate of drug-likeness (QED) is 0.780. The molecule has 2 N–H and O–H groups in total. The highest BCUT2D eigenvalue weighted by atomic mass is 16.2. The summed E-state index contributed by atoms with van der Waals surface area (Å²) in [7, 11) is 0.